The molecule has 6 nitrogen and oxygen atoms in total. The van der Waals surface area contributed by atoms with Crippen LogP contribution in [0.15, 0.2) is 18.2 Å². The van der Waals surface area contributed by atoms with Crippen LogP contribution >= 0.6 is 0 Å². The number of carbonyl (C=O) groups excluding carboxylic acids is 1. The van der Waals surface area contributed by atoms with Gasteiger partial charge in [-0.15, -0.1) is 0 Å². The van der Waals surface area contributed by atoms with Gasteiger partial charge < -0.3 is 20.8 Å². The number of benzene rings is 1. The standard InChI is InChI=1S/C13H16N2O4/c1-7-4-5-14-11(7)12(17)15-9-6-8(13(18)19)2-3-10(9)16/h2-3,6-7,11,14,16H,4-5H2,1H3,(H,15,17)(H,18,19). The molecule has 102 valence electrons. The van der Waals surface area contributed by atoms with Crippen LogP contribution in [0.1, 0.15) is 23.7 Å². The number of hydrogen-bond donors (Lipinski definition) is 4. The lowest BCUT2D eigenvalue weighted by Crippen LogP contribution is -2.39. The number of aromatic hydroxyl groups is 1. The van der Waals surface area contributed by atoms with Crippen molar-refractivity contribution < 1.29 is 19.8 Å². The second-order valence-electron chi connectivity index (χ2n) is 4.72. The molecule has 1 fully saturated rings. The third-order valence-electron chi connectivity index (χ3n) is 3.32. The van der Waals surface area contributed by atoms with Crippen molar-refractivity contribution in [2.45, 2.75) is 19.4 Å². The van der Waals surface area contributed by atoms with Crippen molar-refractivity contribution in [1.82, 2.24) is 5.32 Å². The number of phenolic OH excluding ortho intramolecular Hbond substituents is 1. The van der Waals surface area contributed by atoms with E-state index in [0.717, 1.165) is 13.0 Å². The van der Waals surface area contributed by atoms with Gasteiger partial charge in [0.05, 0.1) is 17.3 Å². The molecule has 1 aromatic carbocycles. The molecule has 2 rings (SSSR count). The number of phenols is 1. The van der Waals surface area contributed by atoms with Gasteiger partial charge in [-0.1, -0.05) is 6.92 Å². The molecule has 4 N–H and O–H groups in total. The van der Waals surface area contributed by atoms with Gasteiger partial charge in [0.25, 0.3) is 0 Å². The van der Waals surface area contributed by atoms with Crippen LogP contribution in [0.2, 0.25) is 0 Å². The molecule has 1 aliphatic heterocycles. The average Bonchev–Trinajstić information content (AvgIpc) is 2.78. The van der Waals surface area contributed by atoms with Gasteiger partial charge in [0.2, 0.25) is 5.91 Å². The Morgan fingerprint density at radius 3 is 2.74 bits per heavy atom. The van der Waals surface area contributed by atoms with Crippen LogP contribution in [0.4, 0.5) is 5.69 Å². The summed E-state index contributed by atoms with van der Waals surface area (Å²) < 4.78 is 0. The number of amides is 1. The number of nitrogens with one attached hydrogen (secondary N) is 2. The first-order valence-electron chi connectivity index (χ1n) is 6.09. The summed E-state index contributed by atoms with van der Waals surface area (Å²) in [5.41, 5.74) is 0.131. The Bertz CT molecular complexity index is 515. The van der Waals surface area contributed by atoms with Crippen LogP contribution < -0.4 is 10.6 Å². The van der Waals surface area contributed by atoms with Crippen LogP contribution in [0.25, 0.3) is 0 Å². The maximum absolute atomic E-state index is 12.0. The number of rotatable bonds is 3. The third kappa shape index (κ3) is 2.85. The van der Waals surface area contributed by atoms with Gasteiger partial charge >= 0.3 is 5.97 Å². The van der Waals surface area contributed by atoms with Crippen molar-refractivity contribution in [3.63, 3.8) is 0 Å². The highest BCUT2D eigenvalue weighted by Gasteiger charge is 2.29. The highest BCUT2D eigenvalue weighted by Crippen LogP contribution is 2.25. The first kappa shape index (κ1) is 13.4. The maximum Gasteiger partial charge on any atom is 0.335 e. The smallest absolute Gasteiger partial charge is 0.335 e. The van der Waals surface area contributed by atoms with E-state index in [1.165, 1.54) is 18.2 Å². The van der Waals surface area contributed by atoms with E-state index in [-0.39, 0.29) is 34.9 Å². The third-order valence-corrected chi connectivity index (χ3v) is 3.32. The summed E-state index contributed by atoms with van der Waals surface area (Å²) >= 11 is 0. The van der Waals surface area contributed by atoms with Crippen molar-refractivity contribution in [3.8, 4) is 5.75 Å². The fourth-order valence-electron chi connectivity index (χ4n) is 2.17. The molecular weight excluding hydrogens is 248 g/mol. The predicted octanol–water partition coefficient (Wildman–Crippen LogP) is 1.03. The van der Waals surface area contributed by atoms with Crippen LogP contribution in [-0.4, -0.2) is 34.7 Å². The van der Waals surface area contributed by atoms with Crippen molar-refractivity contribution in [2.75, 3.05) is 11.9 Å². The largest absolute Gasteiger partial charge is 0.506 e. The monoisotopic (exact) mass is 264 g/mol. The molecule has 1 saturated heterocycles. The first-order valence-corrected chi connectivity index (χ1v) is 6.09. The second-order valence-corrected chi connectivity index (χ2v) is 4.72. The molecule has 0 radical (unpaired) electrons. The molecule has 2 unspecified atom stereocenters. The van der Waals surface area contributed by atoms with Crippen molar-refractivity contribution in [1.29, 1.82) is 0 Å². The van der Waals surface area contributed by atoms with Crippen molar-refractivity contribution in [2.24, 2.45) is 5.92 Å². The predicted molar refractivity (Wildman–Crippen MR) is 69.3 cm³/mol. The second kappa shape index (κ2) is 5.27. The molecule has 1 aromatic rings. The Balaban J connectivity index is 2.16. The van der Waals surface area contributed by atoms with Crippen molar-refractivity contribution in [3.05, 3.63) is 23.8 Å². The van der Waals surface area contributed by atoms with Crippen LogP contribution in [0.3, 0.4) is 0 Å². The van der Waals surface area contributed by atoms with Gasteiger partial charge in [-0.05, 0) is 37.1 Å². The van der Waals surface area contributed by atoms with E-state index >= 15 is 0 Å². The average molecular weight is 264 g/mol. The first-order chi connectivity index (χ1) is 8.99. The molecule has 0 aromatic heterocycles. The van der Waals surface area contributed by atoms with Gasteiger partial charge in [-0.3, -0.25) is 4.79 Å². The minimum absolute atomic E-state index is 0.0144. The summed E-state index contributed by atoms with van der Waals surface area (Å²) in [5.74, 6) is -1.31. The fraction of sp³-hybridized carbons (Fsp3) is 0.385. The zero-order valence-corrected chi connectivity index (χ0v) is 10.5. The lowest BCUT2D eigenvalue weighted by molar-refractivity contribution is -0.118. The van der Waals surface area contributed by atoms with E-state index in [9.17, 15) is 14.7 Å². The summed E-state index contributed by atoms with van der Waals surface area (Å²) in [5, 5.41) is 24.2. The Morgan fingerprint density at radius 2 is 2.16 bits per heavy atom. The highest BCUT2D eigenvalue weighted by atomic mass is 16.4. The van der Waals surface area contributed by atoms with E-state index in [1.54, 1.807) is 0 Å². The number of carboxylic acids is 1. The number of hydrogen-bond acceptors (Lipinski definition) is 4. The van der Waals surface area contributed by atoms with Gasteiger partial charge in [-0.25, -0.2) is 4.79 Å². The van der Waals surface area contributed by atoms with Crippen LogP contribution in [0, 0.1) is 5.92 Å². The number of anilines is 1. The molecular formula is C13H16N2O4. The van der Waals surface area contributed by atoms with Gasteiger partial charge in [-0.2, -0.15) is 0 Å². The van der Waals surface area contributed by atoms with E-state index in [0.29, 0.717) is 0 Å². The Hall–Kier alpha value is -2.08. The van der Waals surface area contributed by atoms with E-state index in [4.69, 9.17) is 5.11 Å². The Labute approximate surface area is 110 Å². The van der Waals surface area contributed by atoms with Crippen LogP contribution in [0.5, 0.6) is 5.75 Å². The quantitative estimate of drug-likeness (QED) is 0.611. The van der Waals surface area contributed by atoms with Gasteiger partial charge in [0.1, 0.15) is 5.75 Å². The Morgan fingerprint density at radius 1 is 1.42 bits per heavy atom. The molecule has 0 aliphatic carbocycles. The molecule has 0 spiro atoms. The maximum atomic E-state index is 12.0. The Kier molecular flexibility index (Phi) is 3.71. The lowest BCUT2D eigenvalue weighted by Gasteiger charge is -2.16. The normalized spacial score (nSPS) is 22.2. The topological polar surface area (TPSA) is 98.7 Å². The SMILES string of the molecule is CC1CCNC1C(=O)Nc1cc(C(=O)O)ccc1O. The molecule has 1 amide bonds. The molecule has 2 atom stereocenters. The molecule has 19 heavy (non-hydrogen) atoms. The summed E-state index contributed by atoms with van der Waals surface area (Å²) in [7, 11) is 0. The van der Waals surface area contributed by atoms with E-state index in [1.807, 2.05) is 6.92 Å². The van der Waals surface area contributed by atoms with Gasteiger partial charge in [0.15, 0.2) is 0 Å². The number of carboxylic acid groups (broad SMARTS) is 1. The van der Waals surface area contributed by atoms with Crippen LogP contribution in [-0.2, 0) is 4.79 Å². The highest BCUT2D eigenvalue weighted by molar-refractivity contribution is 5.98. The van der Waals surface area contributed by atoms with Gasteiger partial charge in [0, 0.05) is 0 Å². The zero-order chi connectivity index (χ0) is 14.0. The molecule has 0 saturated carbocycles. The molecule has 1 heterocycles. The molecule has 0 bridgehead atoms. The number of aromatic carboxylic acids is 1. The van der Waals surface area contributed by atoms with E-state index < -0.39 is 5.97 Å². The number of carbonyl (C=O) groups is 2. The van der Waals surface area contributed by atoms with Crippen molar-refractivity contribution >= 4 is 17.6 Å². The van der Waals surface area contributed by atoms with E-state index in [2.05, 4.69) is 10.6 Å². The molecule has 6 heteroatoms. The fourth-order valence-corrected chi connectivity index (χ4v) is 2.17. The summed E-state index contributed by atoms with van der Waals surface area (Å²) in [6, 6.07) is 3.47. The lowest BCUT2D eigenvalue weighted by atomic mass is 10.0. The minimum atomic E-state index is -1.11. The summed E-state index contributed by atoms with van der Waals surface area (Å²) in [6.07, 6.45) is 0.916. The zero-order valence-electron chi connectivity index (χ0n) is 10.5. The summed E-state index contributed by atoms with van der Waals surface area (Å²) in [4.78, 5) is 22.9. The molecule has 1 aliphatic rings. The summed E-state index contributed by atoms with van der Waals surface area (Å²) in [6.45, 7) is 2.75. The minimum Gasteiger partial charge on any atom is -0.506 e.